The lowest BCUT2D eigenvalue weighted by Gasteiger charge is -2.35. The Morgan fingerprint density at radius 3 is 2.49 bits per heavy atom. The summed E-state index contributed by atoms with van der Waals surface area (Å²) in [5, 5.41) is 10.5. The summed E-state index contributed by atoms with van der Waals surface area (Å²) in [5.41, 5.74) is 2.14. The highest BCUT2D eigenvalue weighted by atomic mass is 32.2. The lowest BCUT2D eigenvalue weighted by molar-refractivity contribution is -0.140. The Labute approximate surface area is 207 Å². The molecule has 2 atom stereocenters. The Bertz CT molecular complexity index is 1250. The van der Waals surface area contributed by atoms with Crippen LogP contribution in [0.4, 0.5) is 4.39 Å². The van der Waals surface area contributed by atoms with Crippen LogP contribution in [0.3, 0.4) is 0 Å². The number of carboxylic acids is 1. The molecule has 0 aromatic heterocycles. The fraction of sp³-hybridized carbons (Fsp3) is 0.259. The SMILES string of the molecule is COc1ccc(CN2C(=O)C[C@](Sc3ccc(C)cc3)(C(=O)O)[C@H]2c2cccc(F)c2)c(OC)c1. The number of ether oxygens (including phenoxy) is 2. The second kappa shape index (κ2) is 10.00. The van der Waals surface area contributed by atoms with Gasteiger partial charge in [0.25, 0.3) is 0 Å². The molecule has 1 saturated heterocycles. The third-order valence-electron chi connectivity index (χ3n) is 6.17. The molecular formula is C27H26FNO5S. The van der Waals surface area contributed by atoms with E-state index in [1.807, 2.05) is 31.2 Å². The van der Waals surface area contributed by atoms with Gasteiger partial charge in [-0.25, -0.2) is 4.39 Å². The number of benzene rings is 3. The number of likely N-dealkylation sites (tertiary alicyclic amines) is 1. The second-order valence-electron chi connectivity index (χ2n) is 8.44. The van der Waals surface area contributed by atoms with Gasteiger partial charge in [-0.15, -0.1) is 11.8 Å². The van der Waals surface area contributed by atoms with Gasteiger partial charge in [-0.1, -0.05) is 29.8 Å². The average molecular weight is 496 g/mol. The molecule has 1 N–H and O–H groups in total. The maximum Gasteiger partial charge on any atom is 0.323 e. The minimum absolute atomic E-state index is 0.0939. The second-order valence-corrected chi connectivity index (χ2v) is 9.85. The molecule has 0 bridgehead atoms. The molecule has 3 aromatic carbocycles. The van der Waals surface area contributed by atoms with Crippen LogP contribution in [0.15, 0.2) is 71.6 Å². The molecule has 6 nitrogen and oxygen atoms in total. The van der Waals surface area contributed by atoms with Crippen molar-refractivity contribution < 1.29 is 28.6 Å². The maximum absolute atomic E-state index is 14.3. The van der Waals surface area contributed by atoms with Crippen molar-refractivity contribution in [2.45, 2.75) is 35.6 Å². The number of methoxy groups -OCH3 is 2. The molecule has 1 fully saturated rings. The molecule has 0 aliphatic carbocycles. The predicted molar refractivity (Wildman–Crippen MR) is 131 cm³/mol. The van der Waals surface area contributed by atoms with Crippen LogP contribution < -0.4 is 9.47 Å². The highest BCUT2D eigenvalue weighted by molar-refractivity contribution is 8.01. The van der Waals surface area contributed by atoms with Gasteiger partial charge in [-0.05, 0) is 48.9 Å². The van der Waals surface area contributed by atoms with Crippen molar-refractivity contribution in [1.29, 1.82) is 0 Å². The van der Waals surface area contributed by atoms with Gasteiger partial charge in [0.15, 0.2) is 4.75 Å². The molecule has 1 aliphatic heterocycles. The zero-order valence-corrected chi connectivity index (χ0v) is 20.5. The molecule has 1 amide bonds. The first-order valence-electron chi connectivity index (χ1n) is 11.0. The molecule has 182 valence electrons. The summed E-state index contributed by atoms with van der Waals surface area (Å²) in [6.45, 7) is 2.04. The number of aryl methyl sites for hydroxylation is 1. The smallest absolute Gasteiger partial charge is 0.323 e. The summed E-state index contributed by atoms with van der Waals surface area (Å²) in [7, 11) is 3.06. The van der Waals surface area contributed by atoms with Crippen LogP contribution in [0.2, 0.25) is 0 Å². The van der Waals surface area contributed by atoms with Gasteiger partial charge in [0, 0.05) is 23.1 Å². The molecule has 0 spiro atoms. The Morgan fingerprint density at radius 1 is 1.11 bits per heavy atom. The van der Waals surface area contributed by atoms with Crippen molar-refractivity contribution in [3.05, 3.63) is 89.2 Å². The van der Waals surface area contributed by atoms with E-state index in [0.717, 1.165) is 22.2 Å². The summed E-state index contributed by atoms with van der Waals surface area (Å²) >= 11 is 1.12. The monoisotopic (exact) mass is 495 g/mol. The van der Waals surface area contributed by atoms with E-state index in [4.69, 9.17) is 9.47 Å². The molecule has 4 rings (SSSR count). The summed E-state index contributed by atoms with van der Waals surface area (Å²) < 4.78 is 23.5. The van der Waals surface area contributed by atoms with Crippen molar-refractivity contribution in [2.75, 3.05) is 14.2 Å². The highest BCUT2D eigenvalue weighted by Crippen LogP contribution is 2.53. The third-order valence-corrected chi connectivity index (χ3v) is 7.58. The number of nitrogens with zero attached hydrogens (tertiary/aromatic N) is 1. The van der Waals surface area contributed by atoms with Gasteiger partial charge >= 0.3 is 5.97 Å². The van der Waals surface area contributed by atoms with Crippen LogP contribution in [0.5, 0.6) is 11.5 Å². The van der Waals surface area contributed by atoms with Crippen molar-refractivity contribution in [3.63, 3.8) is 0 Å². The Balaban J connectivity index is 1.82. The molecular weight excluding hydrogens is 469 g/mol. The van der Waals surface area contributed by atoms with E-state index in [-0.39, 0.29) is 18.9 Å². The number of halogens is 1. The van der Waals surface area contributed by atoms with E-state index >= 15 is 0 Å². The van der Waals surface area contributed by atoms with Gasteiger partial charge in [0.2, 0.25) is 5.91 Å². The number of hydrogen-bond acceptors (Lipinski definition) is 5. The number of aliphatic carboxylic acids is 1. The van der Waals surface area contributed by atoms with Gasteiger partial charge in [0.1, 0.15) is 17.3 Å². The quantitative estimate of drug-likeness (QED) is 0.461. The summed E-state index contributed by atoms with van der Waals surface area (Å²) in [4.78, 5) is 28.5. The number of amides is 1. The molecule has 1 aliphatic rings. The predicted octanol–water partition coefficient (Wildman–Crippen LogP) is 5.24. The molecule has 8 heteroatoms. The number of carbonyl (C=O) groups is 2. The molecule has 35 heavy (non-hydrogen) atoms. The third kappa shape index (κ3) is 4.84. The summed E-state index contributed by atoms with van der Waals surface area (Å²) in [6.07, 6.45) is -0.236. The van der Waals surface area contributed by atoms with Crippen LogP contribution in [-0.2, 0) is 16.1 Å². The highest BCUT2D eigenvalue weighted by Gasteiger charge is 2.58. The van der Waals surface area contributed by atoms with Gasteiger partial charge in [-0.2, -0.15) is 0 Å². The summed E-state index contributed by atoms with van der Waals surface area (Å²) in [5.74, 6) is -0.860. The number of carboxylic acid groups (broad SMARTS) is 1. The molecule has 0 saturated carbocycles. The van der Waals surface area contributed by atoms with E-state index < -0.39 is 22.6 Å². The fourth-order valence-corrected chi connectivity index (χ4v) is 5.79. The Kier molecular flexibility index (Phi) is 7.03. The van der Waals surface area contributed by atoms with E-state index in [9.17, 15) is 19.1 Å². The van der Waals surface area contributed by atoms with Crippen molar-refractivity contribution in [1.82, 2.24) is 4.90 Å². The largest absolute Gasteiger partial charge is 0.497 e. The fourth-order valence-electron chi connectivity index (χ4n) is 4.43. The van der Waals surface area contributed by atoms with Gasteiger partial charge in [-0.3, -0.25) is 9.59 Å². The first-order valence-corrected chi connectivity index (χ1v) is 11.8. The number of rotatable bonds is 8. The normalized spacial score (nSPS) is 19.6. The van der Waals surface area contributed by atoms with Crippen molar-refractivity contribution in [3.8, 4) is 11.5 Å². The molecule has 3 aromatic rings. The Morgan fingerprint density at radius 2 is 1.86 bits per heavy atom. The number of thioether (sulfide) groups is 1. The zero-order chi connectivity index (χ0) is 25.2. The number of hydrogen-bond donors (Lipinski definition) is 1. The first-order chi connectivity index (χ1) is 16.8. The van der Waals surface area contributed by atoms with Crippen molar-refractivity contribution in [2.24, 2.45) is 0 Å². The van der Waals surface area contributed by atoms with E-state index in [0.29, 0.717) is 22.6 Å². The van der Waals surface area contributed by atoms with E-state index in [2.05, 4.69) is 0 Å². The van der Waals surface area contributed by atoms with Gasteiger partial charge in [0.05, 0.1) is 26.7 Å². The summed E-state index contributed by atoms with van der Waals surface area (Å²) in [6, 6.07) is 17.6. The Hall–Kier alpha value is -3.52. The molecule has 0 unspecified atom stereocenters. The van der Waals surface area contributed by atoms with E-state index in [1.165, 1.54) is 30.2 Å². The minimum atomic E-state index is -1.56. The van der Waals surface area contributed by atoms with Crippen LogP contribution in [-0.4, -0.2) is 40.8 Å². The lowest BCUT2D eigenvalue weighted by atomic mass is 9.92. The molecule has 1 heterocycles. The minimum Gasteiger partial charge on any atom is -0.497 e. The van der Waals surface area contributed by atoms with Crippen LogP contribution in [0.1, 0.15) is 29.2 Å². The van der Waals surface area contributed by atoms with Crippen LogP contribution in [0, 0.1) is 12.7 Å². The first kappa shape index (κ1) is 24.6. The van der Waals surface area contributed by atoms with Crippen LogP contribution in [0.25, 0.3) is 0 Å². The van der Waals surface area contributed by atoms with Gasteiger partial charge < -0.3 is 19.5 Å². The topological polar surface area (TPSA) is 76.1 Å². The maximum atomic E-state index is 14.3. The standard InChI is InChI=1S/C27H26FNO5S/c1-17-7-11-22(12-8-17)35-27(26(31)32)15-24(30)29(25(27)18-5-4-6-20(28)13-18)16-19-9-10-21(33-2)14-23(19)34-3/h4-14,25H,15-16H2,1-3H3,(H,31,32)/t25-,27-/m1/s1. The zero-order valence-electron chi connectivity index (χ0n) is 19.7. The lowest BCUT2D eigenvalue weighted by Crippen LogP contribution is -2.41. The van der Waals surface area contributed by atoms with E-state index in [1.54, 1.807) is 31.4 Å². The van der Waals surface area contributed by atoms with Crippen molar-refractivity contribution >= 4 is 23.6 Å². The molecule has 0 radical (unpaired) electrons. The van der Waals surface area contributed by atoms with Crippen LogP contribution >= 0.6 is 11.8 Å². The number of carbonyl (C=O) groups excluding carboxylic acids is 1. The average Bonchev–Trinajstić information content (AvgIpc) is 3.12.